The molecule has 0 aliphatic heterocycles. The largest absolute Gasteiger partial charge is 0.420 e. The minimum Gasteiger partial charge on any atom is -0.420 e. The third-order valence-corrected chi connectivity index (χ3v) is 1.76. The van der Waals surface area contributed by atoms with Gasteiger partial charge in [-0.1, -0.05) is 0 Å². The molecule has 4 N–H and O–H groups in total. The van der Waals surface area contributed by atoms with E-state index in [1.165, 1.54) is 0 Å². The molecule has 2 heterocycles. The first-order chi connectivity index (χ1) is 5.68. The summed E-state index contributed by atoms with van der Waals surface area (Å²) in [5.41, 5.74) is 13.0. The molecule has 0 aliphatic rings. The lowest BCUT2D eigenvalue weighted by Gasteiger charge is -1.89. The average Bonchev–Trinajstić information content (AvgIpc) is 2.28. The number of nitrogen functional groups attached to an aromatic ring is 2. The van der Waals surface area contributed by atoms with Crippen LogP contribution in [0, 0.1) is 6.92 Å². The van der Waals surface area contributed by atoms with E-state index < -0.39 is 0 Å². The monoisotopic (exact) mass is 163 g/mol. The van der Waals surface area contributed by atoms with Crippen molar-refractivity contribution < 1.29 is 4.42 Å². The SMILES string of the molecule is Cc1ccc2c(N)c(N)oc2n1. The van der Waals surface area contributed by atoms with Crippen molar-refractivity contribution in [1.82, 2.24) is 4.98 Å². The Morgan fingerprint density at radius 2 is 2.08 bits per heavy atom. The van der Waals surface area contributed by atoms with Crippen LogP contribution in [0.3, 0.4) is 0 Å². The van der Waals surface area contributed by atoms with Crippen molar-refractivity contribution in [2.24, 2.45) is 0 Å². The fourth-order valence-electron chi connectivity index (χ4n) is 1.11. The van der Waals surface area contributed by atoms with Gasteiger partial charge in [-0.15, -0.1) is 0 Å². The van der Waals surface area contributed by atoms with E-state index in [1.807, 2.05) is 19.1 Å². The highest BCUT2D eigenvalue weighted by atomic mass is 16.4. The zero-order valence-corrected chi connectivity index (χ0v) is 6.66. The maximum atomic E-state index is 5.63. The number of nitrogens with two attached hydrogens (primary N) is 2. The van der Waals surface area contributed by atoms with Crippen molar-refractivity contribution in [1.29, 1.82) is 0 Å². The predicted molar refractivity (Wildman–Crippen MR) is 47.6 cm³/mol. The molecule has 0 radical (unpaired) electrons. The topological polar surface area (TPSA) is 78.1 Å². The lowest BCUT2D eigenvalue weighted by Crippen LogP contribution is -1.88. The van der Waals surface area contributed by atoms with Gasteiger partial charge in [-0.2, -0.15) is 0 Å². The molecule has 0 fully saturated rings. The van der Waals surface area contributed by atoms with Gasteiger partial charge in [-0.25, -0.2) is 4.98 Å². The van der Waals surface area contributed by atoms with Gasteiger partial charge in [0.15, 0.2) is 0 Å². The summed E-state index contributed by atoms with van der Waals surface area (Å²) in [7, 11) is 0. The standard InChI is InChI=1S/C8H9N3O/c1-4-2-3-5-6(9)7(10)12-8(5)11-4/h2-3H,9-10H2,1H3. The van der Waals surface area contributed by atoms with Crippen LogP contribution in [0.25, 0.3) is 11.1 Å². The highest BCUT2D eigenvalue weighted by Gasteiger charge is 2.08. The second-order valence-electron chi connectivity index (χ2n) is 2.69. The number of hydrogen-bond donors (Lipinski definition) is 2. The minimum absolute atomic E-state index is 0.239. The van der Waals surface area contributed by atoms with Gasteiger partial charge in [0.05, 0.1) is 5.39 Å². The van der Waals surface area contributed by atoms with E-state index in [0.29, 0.717) is 11.4 Å². The lowest BCUT2D eigenvalue weighted by molar-refractivity contribution is 0.624. The molecule has 0 amide bonds. The van der Waals surface area contributed by atoms with Gasteiger partial charge in [-0.05, 0) is 19.1 Å². The lowest BCUT2D eigenvalue weighted by atomic mass is 10.3. The molecule has 2 aromatic rings. The number of fused-ring (bicyclic) bond motifs is 1. The molecule has 0 saturated heterocycles. The van der Waals surface area contributed by atoms with Crippen LogP contribution in [-0.2, 0) is 0 Å². The van der Waals surface area contributed by atoms with Crippen molar-refractivity contribution in [3.05, 3.63) is 17.8 Å². The van der Waals surface area contributed by atoms with E-state index in [2.05, 4.69) is 4.98 Å². The van der Waals surface area contributed by atoms with Crippen LogP contribution in [0.15, 0.2) is 16.5 Å². The van der Waals surface area contributed by atoms with Crippen molar-refractivity contribution >= 4 is 22.7 Å². The maximum absolute atomic E-state index is 5.63. The molecule has 4 nitrogen and oxygen atoms in total. The molecule has 2 aromatic heterocycles. The molecular weight excluding hydrogens is 154 g/mol. The van der Waals surface area contributed by atoms with Crippen LogP contribution in [-0.4, -0.2) is 4.98 Å². The van der Waals surface area contributed by atoms with E-state index in [9.17, 15) is 0 Å². The van der Waals surface area contributed by atoms with Gasteiger partial charge in [0.2, 0.25) is 11.6 Å². The highest BCUT2D eigenvalue weighted by molar-refractivity contribution is 5.93. The molecule has 62 valence electrons. The first-order valence-electron chi connectivity index (χ1n) is 3.59. The van der Waals surface area contributed by atoms with E-state index in [1.54, 1.807) is 0 Å². The second kappa shape index (κ2) is 2.14. The van der Waals surface area contributed by atoms with E-state index in [4.69, 9.17) is 15.9 Å². The number of furan rings is 1. The van der Waals surface area contributed by atoms with Gasteiger partial charge in [-0.3, -0.25) is 0 Å². The first-order valence-corrected chi connectivity index (χ1v) is 3.59. The van der Waals surface area contributed by atoms with Gasteiger partial charge in [0, 0.05) is 5.69 Å². The quantitative estimate of drug-likeness (QED) is 0.613. The minimum atomic E-state index is 0.239. The van der Waals surface area contributed by atoms with Gasteiger partial charge in [0.25, 0.3) is 0 Å². The number of nitrogens with zero attached hydrogens (tertiary/aromatic N) is 1. The summed E-state index contributed by atoms with van der Waals surface area (Å²) < 4.78 is 5.12. The summed E-state index contributed by atoms with van der Waals surface area (Å²) in [6, 6.07) is 3.72. The van der Waals surface area contributed by atoms with Crippen molar-refractivity contribution in [3.63, 3.8) is 0 Å². The zero-order valence-electron chi connectivity index (χ0n) is 6.66. The normalized spacial score (nSPS) is 10.8. The fraction of sp³-hybridized carbons (Fsp3) is 0.125. The molecule has 0 atom stereocenters. The summed E-state index contributed by atoms with van der Waals surface area (Å²) in [5, 5.41) is 0.776. The predicted octanol–water partition coefficient (Wildman–Crippen LogP) is 1.30. The molecule has 0 saturated carbocycles. The molecule has 12 heavy (non-hydrogen) atoms. The van der Waals surface area contributed by atoms with Crippen molar-refractivity contribution in [2.75, 3.05) is 11.5 Å². The zero-order chi connectivity index (χ0) is 8.72. The van der Waals surface area contributed by atoms with Crippen molar-refractivity contribution in [2.45, 2.75) is 6.92 Å². The molecule has 0 aliphatic carbocycles. The molecule has 0 unspecified atom stereocenters. The van der Waals surface area contributed by atoms with Crippen LogP contribution in [0.2, 0.25) is 0 Å². The van der Waals surface area contributed by atoms with Crippen molar-refractivity contribution in [3.8, 4) is 0 Å². The molecule has 0 bridgehead atoms. The van der Waals surface area contributed by atoms with E-state index >= 15 is 0 Å². The molecule has 4 heteroatoms. The molecular formula is C8H9N3O. The summed E-state index contributed by atoms with van der Waals surface area (Å²) in [4.78, 5) is 4.13. The third kappa shape index (κ3) is 0.812. The Balaban J connectivity index is 2.87. The molecule has 0 spiro atoms. The number of aryl methyl sites for hydroxylation is 1. The Morgan fingerprint density at radius 1 is 1.33 bits per heavy atom. The Hall–Kier alpha value is -1.71. The highest BCUT2D eigenvalue weighted by Crippen LogP contribution is 2.28. The molecule has 0 aromatic carbocycles. The number of aromatic nitrogens is 1. The number of rotatable bonds is 0. The van der Waals surface area contributed by atoms with Crippen LogP contribution in [0.1, 0.15) is 5.69 Å². The second-order valence-corrected chi connectivity index (χ2v) is 2.69. The van der Waals surface area contributed by atoms with E-state index in [0.717, 1.165) is 11.1 Å². The van der Waals surface area contributed by atoms with Gasteiger partial charge < -0.3 is 15.9 Å². The van der Waals surface area contributed by atoms with Crippen LogP contribution in [0.4, 0.5) is 11.6 Å². The molecule has 2 rings (SSSR count). The Labute approximate surface area is 69.2 Å². The summed E-state index contributed by atoms with van der Waals surface area (Å²) in [6.07, 6.45) is 0. The van der Waals surface area contributed by atoms with Crippen LogP contribution >= 0.6 is 0 Å². The third-order valence-electron chi connectivity index (χ3n) is 1.76. The number of anilines is 2. The summed E-state index contributed by atoms with van der Waals surface area (Å²) in [5.74, 6) is 0.239. The smallest absolute Gasteiger partial charge is 0.231 e. The number of hydrogen-bond acceptors (Lipinski definition) is 4. The van der Waals surface area contributed by atoms with Gasteiger partial charge in [0.1, 0.15) is 5.69 Å². The number of pyridine rings is 1. The first kappa shape index (κ1) is 6.97. The summed E-state index contributed by atoms with van der Waals surface area (Å²) in [6.45, 7) is 1.88. The Bertz CT molecular complexity index is 433. The van der Waals surface area contributed by atoms with Crippen LogP contribution in [0.5, 0.6) is 0 Å². The van der Waals surface area contributed by atoms with Gasteiger partial charge >= 0.3 is 0 Å². The fourth-order valence-corrected chi connectivity index (χ4v) is 1.11. The Kier molecular flexibility index (Phi) is 1.24. The Morgan fingerprint density at radius 3 is 2.83 bits per heavy atom. The van der Waals surface area contributed by atoms with E-state index in [-0.39, 0.29) is 5.88 Å². The summed E-state index contributed by atoms with van der Waals surface area (Å²) >= 11 is 0. The average molecular weight is 163 g/mol. The maximum Gasteiger partial charge on any atom is 0.231 e. The van der Waals surface area contributed by atoms with Crippen LogP contribution < -0.4 is 11.5 Å².